The van der Waals surface area contributed by atoms with Crippen LogP contribution in [0.2, 0.25) is 0 Å². The summed E-state index contributed by atoms with van der Waals surface area (Å²) in [7, 11) is 0. The molecule has 1 aromatic heterocycles. The number of carbonyl (C=O) groups is 1. The fourth-order valence-electron chi connectivity index (χ4n) is 3.68. The van der Waals surface area contributed by atoms with Crippen molar-refractivity contribution in [3.63, 3.8) is 0 Å². The third-order valence-corrected chi connectivity index (χ3v) is 4.94. The monoisotopic (exact) mass is 273 g/mol. The maximum Gasteiger partial charge on any atom is 0.228 e. The molecule has 0 aromatic carbocycles. The summed E-state index contributed by atoms with van der Waals surface area (Å²) in [5.74, 6) is 1.33. The van der Waals surface area contributed by atoms with Gasteiger partial charge in [-0.3, -0.25) is 9.78 Å². The van der Waals surface area contributed by atoms with Crippen molar-refractivity contribution in [2.24, 2.45) is 17.6 Å². The smallest absolute Gasteiger partial charge is 0.228 e. The molecular weight excluding hydrogens is 250 g/mol. The second kappa shape index (κ2) is 5.52. The molecule has 0 spiro atoms. The predicted octanol–water partition coefficient (Wildman–Crippen LogP) is 1.52. The van der Waals surface area contributed by atoms with Crippen molar-refractivity contribution >= 4 is 5.91 Å². The van der Waals surface area contributed by atoms with E-state index in [0.717, 1.165) is 30.8 Å². The molecule has 3 rings (SSSR count). The normalized spacial score (nSPS) is 29.3. The number of fused-ring (bicyclic) bond motifs is 1. The number of amides is 1. The molecule has 2 heterocycles. The molecule has 20 heavy (non-hydrogen) atoms. The molecule has 4 nitrogen and oxygen atoms in total. The number of pyridine rings is 1. The van der Waals surface area contributed by atoms with Gasteiger partial charge in [0.05, 0.1) is 12.1 Å². The lowest BCUT2D eigenvalue weighted by Gasteiger charge is -2.29. The van der Waals surface area contributed by atoms with Crippen LogP contribution in [0.4, 0.5) is 0 Å². The standard InChI is InChI=1S/C16H23N3O/c1-11-4-3-7-18-15(11)8-16(20)19-9-12-5-2-6-14(17)13(12)10-19/h3-4,7,12-14H,2,5-6,8-10,17H2,1H3. The third-order valence-electron chi connectivity index (χ3n) is 4.94. The molecule has 3 atom stereocenters. The van der Waals surface area contributed by atoms with Crippen LogP contribution in [0, 0.1) is 18.8 Å². The topological polar surface area (TPSA) is 59.2 Å². The van der Waals surface area contributed by atoms with Crippen molar-refractivity contribution < 1.29 is 4.79 Å². The van der Waals surface area contributed by atoms with Gasteiger partial charge in [-0.2, -0.15) is 0 Å². The second-order valence-electron chi connectivity index (χ2n) is 6.26. The average Bonchev–Trinajstić information content (AvgIpc) is 2.87. The molecule has 2 fully saturated rings. The van der Waals surface area contributed by atoms with Crippen LogP contribution in [0.3, 0.4) is 0 Å². The lowest BCUT2D eigenvalue weighted by Crippen LogP contribution is -2.38. The average molecular weight is 273 g/mol. The van der Waals surface area contributed by atoms with E-state index < -0.39 is 0 Å². The highest BCUT2D eigenvalue weighted by Crippen LogP contribution is 2.35. The number of hydrogen-bond donors (Lipinski definition) is 1. The molecule has 4 heteroatoms. The van der Waals surface area contributed by atoms with Crippen LogP contribution in [0.25, 0.3) is 0 Å². The fraction of sp³-hybridized carbons (Fsp3) is 0.625. The number of nitrogens with zero attached hydrogens (tertiary/aromatic N) is 2. The van der Waals surface area contributed by atoms with Crippen molar-refractivity contribution in [3.8, 4) is 0 Å². The number of hydrogen-bond acceptors (Lipinski definition) is 3. The molecule has 2 N–H and O–H groups in total. The van der Waals surface area contributed by atoms with Crippen molar-refractivity contribution in [2.45, 2.75) is 38.6 Å². The maximum atomic E-state index is 12.5. The first-order valence-corrected chi connectivity index (χ1v) is 7.59. The SMILES string of the molecule is Cc1cccnc1CC(=O)N1CC2CCCC(N)C2C1. The van der Waals surface area contributed by atoms with E-state index in [2.05, 4.69) is 4.98 Å². The van der Waals surface area contributed by atoms with E-state index in [4.69, 9.17) is 5.73 Å². The minimum absolute atomic E-state index is 0.202. The van der Waals surface area contributed by atoms with Crippen LogP contribution in [-0.4, -0.2) is 34.9 Å². The summed E-state index contributed by atoms with van der Waals surface area (Å²) in [5.41, 5.74) is 8.20. The van der Waals surface area contributed by atoms with Gasteiger partial charge < -0.3 is 10.6 Å². The maximum absolute atomic E-state index is 12.5. The van der Waals surface area contributed by atoms with Gasteiger partial charge in [-0.05, 0) is 43.2 Å². The van der Waals surface area contributed by atoms with E-state index >= 15 is 0 Å². The highest BCUT2D eigenvalue weighted by molar-refractivity contribution is 5.79. The molecule has 2 aliphatic rings. The summed E-state index contributed by atoms with van der Waals surface area (Å²) in [5, 5.41) is 0. The molecule has 0 radical (unpaired) electrons. The van der Waals surface area contributed by atoms with E-state index in [1.807, 2.05) is 24.0 Å². The summed E-state index contributed by atoms with van der Waals surface area (Å²) < 4.78 is 0. The van der Waals surface area contributed by atoms with Gasteiger partial charge in [0.25, 0.3) is 0 Å². The van der Waals surface area contributed by atoms with E-state index in [9.17, 15) is 4.79 Å². The molecule has 3 unspecified atom stereocenters. The predicted molar refractivity (Wildman–Crippen MR) is 78.1 cm³/mol. The molecule has 108 valence electrons. The Balaban J connectivity index is 1.66. The number of carbonyl (C=O) groups excluding carboxylic acids is 1. The molecular formula is C16H23N3O. The van der Waals surface area contributed by atoms with Crippen LogP contribution < -0.4 is 5.73 Å². The van der Waals surface area contributed by atoms with E-state index in [1.54, 1.807) is 6.20 Å². The van der Waals surface area contributed by atoms with Gasteiger partial charge in [0.2, 0.25) is 5.91 Å². The Morgan fingerprint density at radius 1 is 1.45 bits per heavy atom. The van der Waals surface area contributed by atoms with Crippen molar-refractivity contribution in [1.82, 2.24) is 9.88 Å². The minimum Gasteiger partial charge on any atom is -0.342 e. The van der Waals surface area contributed by atoms with E-state index in [-0.39, 0.29) is 11.9 Å². The number of nitrogens with two attached hydrogens (primary N) is 1. The zero-order valence-electron chi connectivity index (χ0n) is 12.1. The van der Waals surface area contributed by atoms with Crippen molar-refractivity contribution in [3.05, 3.63) is 29.6 Å². The Morgan fingerprint density at radius 2 is 2.30 bits per heavy atom. The van der Waals surface area contributed by atoms with Crippen LogP contribution in [0.5, 0.6) is 0 Å². The van der Waals surface area contributed by atoms with Gasteiger partial charge in [0.1, 0.15) is 0 Å². The van der Waals surface area contributed by atoms with E-state index in [0.29, 0.717) is 18.3 Å². The summed E-state index contributed by atoms with van der Waals surface area (Å²) in [6, 6.07) is 4.20. The molecule has 1 saturated carbocycles. The Bertz CT molecular complexity index is 502. The van der Waals surface area contributed by atoms with Crippen LogP contribution in [-0.2, 0) is 11.2 Å². The van der Waals surface area contributed by atoms with Crippen molar-refractivity contribution in [2.75, 3.05) is 13.1 Å². The molecule has 1 saturated heterocycles. The van der Waals surface area contributed by atoms with Gasteiger partial charge in [0.15, 0.2) is 0 Å². The van der Waals surface area contributed by atoms with Crippen LogP contribution in [0.1, 0.15) is 30.5 Å². The minimum atomic E-state index is 0.202. The number of aryl methyl sites for hydroxylation is 1. The van der Waals surface area contributed by atoms with Gasteiger partial charge >= 0.3 is 0 Å². The molecule has 1 aliphatic heterocycles. The number of likely N-dealkylation sites (tertiary alicyclic amines) is 1. The number of aromatic nitrogens is 1. The lowest BCUT2D eigenvalue weighted by atomic mass is 9.78. The third kappa shape index (κ3) is 2.57. The van der Waals surface area contributed by atoms with Crippen molar-refractivity contribution in [1.29, 1.82) is 0 Å². The largest absolute Gasteiger partial charge is 0.342 e. The highest BCUT2D eigenvalue weighted by Gasteiger charge is 2.40. The molecule has 1 amide bonds. The van der Waals surface area contributed by atoms with Crippen LogP contribution >= 0.6 is 0 Å². The lowest BCUT2D eigenvalue weighted by molar-refractivity contribution is -0.129. The van der Waals surface area contributed by atoms with E-state index in [1.165, 1.54) is 12.8 Å². The highest BCUT2D eigenvalue weighted by atomic mass is 16.2. The first-order chi connectivity index (χ1) is 9.65. The molecule has 1 aliphatic carbocycles. The van der Waals surface area contributed by atoms with Crippen LogP contribution in [0.15, 0.2) is 18.3 Å². The molecule has 0 bridgehead atoms. The summed E-state index contributed by atoms with van der Waals surface area (Å²) in [4.78, 5) is 18.8. The Morgan fingerprint density at radius 3 is 3.05 bits per heavy atom. The first-order valence-electron chi connectivity index (χ1n) is 7.59. The van der Waals surface area contributed by atoms with Gasteiger partial charge in [0, 0.05) is 25.3 Å². The summed E-state index contributed by atoms with van der Waals surface area (Å²) in [6.07, 6.45) is 5.73. The fourth-order valence-corrected chi connectivity index (χ4v) is 3.68. The van der Waals surface area contributed by atoms with Gasteiger partial charge in [-0.1, -0.05) is 12.5 Å². The Labute approximate surface area is 120 Å². The quantitative estimate of drug-likeness (QED) is 0.888. The molecule has 1 aromatic rings. The zero-order valence-corrected chi connectivity index (χ0v) is 12.1. The first kappa shape index (κ1) is 13.6. The van der Waals surface area contributed by atoms with Gasteiger partial charge in [-0.25, -0.2) is 0 Å². The zero-order chi connectivity index (χ0) is 14.1. The Hall–Kier alpha value is -1.42. The number of rotatable bonds is 2. The second-order valence-corrected chi connectivity index (χ2v) is 6.26. The van der Waals surface area contributed by atoms with Gasteiger partial charge in [-0.15, -0.1) is 0 Å². The summed E-state index contributed by atoms with van der Waals surface area (Å²) in [6.45, 7) is 3.74. The summed E-state index contributed by atoms with van der Waals surface area (Å²) >= 11 is 0. The Kier molecular flexibility index (Phi) is 3.74.